The second-order valence-electron chi connectivity index (χ2n) is 10.1. The van der Waals surface area contributed by atoms with Crippen molar-refractivity contribution in [2.45, 2.75) is 26.2 Å². The number of hydrogen-bond donors (Lipinski definition) is 0. The molecule has 0 saturated heterocycles. The van der Waals surface area contributed by atoms with Gasteiger partial charge in [0.1, 0.15) is 22.3 Å². The highest BCUT2D eigenvalue weighted by Crippen LogP contribution is 2.40. The van der Waals surface area contributed by atoms with Gasteiger partial charge in [-0.1, -0.05) is 51.1 Å². The molecule has 0 saturated carbocycles. The Morgan fingerprint density at radius 3 is 2.12 bits per heavy atom. The molecule has 0 radical (unpaired) electrons. The summed E-state index contributed by atoms with van der Waals surface area (Å²) >= 11 is 0. The molecule has 2 aromatic heterocycles. The number of benzene rings is 4. The van der Waals surface area contributed by atoms with E-state index in [1.54, 1.807) is 0 Å². The van der Waals surface area contributed by atoms with Crippen LogP contribution in [-0.2, 0) is 5.41 Å². The summed E-state index contributed by atoms with van der Waals surface area (Å²) in [7, 11) is 4.16. The van der Waals surface area contributed by atoms with Gasteiger partial charge in [-0.05, 0) is 64.6 Å². The molecule has 0 N–H and O–H groups in total. The van der Waals surface area contributed by atoms with Crippen LogP contribution in [0.3, 0.4) is 0 Å². The Labute approximate surface area is 193 Å². The van der Waals surface area contributed by atoms with E-state index in [0.717, 1.165) is 55.3 Å². The zero-order valence-corrected chi connectivity index (χ0v) is 19.7. The number of anilines is 1. The van der Waals surface area contributed by atoms with Crippen LogP contribution in [0, 0.1) is 0 Å². The van der Waals surface area contributed by atoms with E-state index in [1.807, 2.05) is 12.1 Å². The Morgan fingerprint density at radius 2 is 1.33 bits per heavy atom. The van der Waals surface area contributed by atoms with Crippen LogP contribution in [0.2, 0.25) is 0 Å². The zero-order chi connectivity index (χ0) is 22.9. The van der Waals surface area contributed by atoms with Crippen LogP contribution in [0.15, 0.2) is 81.6 Å². The second-order valence-corrected chi connectivity index (χ2v) is 10.1. The van der Waals surface area contributed by atoms with Gasteiger partial charge in [0.05, 0.1) is 5.39 Å². The lowest BCUT2D eigenvalue weighted by molar-refractivity contribution is 0.590. The molecule has 0 fully saturated rings. The molecule has 0 unspecified atom stereocenters. The SMILES string of the molecule is CN(C)c1cc(-c2ccc3c(c2)oc2ccc(C(C)(C)C)cc23)cc2oc3ccccc3c12. The number of hydrogen-bond acceptors (Lipinski definition) is 3. The van der Waals surface area contributed by atoms with E-state index < -0.39 is 0 Å². The van der Waals surface area contributed by atoms with E-state index in [9.17, 15) is 0 Å². The van der Waals surface area contributed by atoms with Gasteiger partial charge in [0.25, 0.3) is 0 Å². The van der Waals surface area contributed by atoms with Crippen LogP contribution in [-0.4, -0.2) is 14.1 Å². The average molecular weight is 434 g/mol. The van der Waals surface area contributed by atoms with Gasteiger partial charge in [-0.2, -0.15) is 0 Å². The number of rotatable bonds is 2. The average Bonchev–Trinajstić information content (AvgIpc) is 3.34. The predicted molar refractivity (Wildman–Crippen MR) is 139 cm³/mol. The van der Waals surface area contributed by atoms with Crippen molar-refractivity contribution in [2.75, 3.05) is 19.0 Å². The van der Waals surface area contributed by atoms with Gasteiger partial charge in [0, 0.05) is 35.9 Å². The molecule has 2 heterocycles. The van der Waals surface area contributed by atoms with Crippen LogP contribution < -0.4 is 4.90 Å². The molecule has 0 aliphatic heterocycles. The summed E-state index contributed by atoms with van der Waals surface area (Å²) in [5.41, 5.74) is 8.43. The molecule has 0 aliphatic rings. The van der Waals surface area contributed by atoms with Crippen molar-refractivity contribution in [3.63, 3.8) is 0 Å². The molecule has 0 amide bonds. The number of furan rings is 2. The minimum absolute atomic E-state index is 0.0995. The predicted octanol–water partition coefficient (Wildman–Crippen LogP) is 8.52. The van der Waals surface area contributed by atoms with Crippen molar-refractivity contribution in [1.82, 2.24) is 0 Å². The third-order valence-electron chi connectivity index (χ3n) is 6.61. The first-order chi connectivity index (χ1) is 15.8. The molecular formula is C30H27NO2. The molecule has 6 aromatic rings. The van der Waals surface area contributed by atoms with E-state index in [4.69, 9.17) is 8.83 Å². The summed E-state index contributed by atoms with van der Waals surface area (Å²) in [5, 5.41) is 4.62. The second kappa shape index (κ2) is 6.89. The van der Waals surface area contributed by atoms with Gasteiger partial charge in [-0.25, -0.2) is 0 Å². The van der Waals surface area contributed by atoms with Crippen molar-refractivity contribution in [3.05, 3.63) is 78.4 Å². The fourth-order valence-electron chi connectivity index (χ4n) is 4.78. The molecule has 3 nitrogen and oxygen atoms in total. The van der Waals surface area contributed by atoms with E-state index in [1.165, 1.54) is 10.9 Å². The largest absolute Gasteiger partial charge is 0.456 e. The third kappa shape index (κ3) is 3.11. The van der Waals surface area contributed by atoms with Crippen molar-refractivity contribution in [2.24, 2.45) is 0 Å². The summed E-state index contributed by atoms with van der Waals surface area (Å²) in [6.07, 6.45) is 0. The first kappa shape index (κ1) is 19.9. The first-order valence-electron chi connectivity index (χ1n) is 11.4. The van der Waals surface area contributed by atoms with Crippen molar-refractivity contribution < 1.29 is 8.83 Å². The van der Waals surface area contributed by atoms with Crippen LogP contribution in [0.5, 0.6) is 0 Å². The van der Waals surface area contributed by atoms with Crippen LogP contribution in [0.1, 0.15) is 26.3 Å². The van der Waals surface area contributed by atoms with Crippen molar-refractivity contribution in [1.29, 1.82) is 0 Å². The highest BCUT2D eigenvalue weighted by Gasteiger charge is 2.18. The van der Waals surface area contributed by atoms with Crippen molar-refractivity contribution in [3.8, 4) is 11.1 Å². The first-order valence-corrected chi connectivity index (χ1v) is 11.4. The summed E-state index contributed by atoms with van der Waals surface area (Å²) in [6, 6.07) is 25.7. The Kier molecular flexibility index (Phi) is 4.16. The van der Waals surface area contributed by atoms with Gasteiger partial charge in [-0.15, -0.1) is 0 Å². The minimum atomic E-state index is 0.0995. The van der Waals surface area contributed by atoms with Crippen LogP contribution >= 0.6 is 0 Å². The Morgan fingerprint density at radius 1 is 0.606 bits per heavy atom. The maximum atomic E-state index is 6.26. The molecule has 164 valence electrons. The highest BCUT2D eigenvalue weighted by atomic mass is 16.3. The van der Waals surface area contributed by atoms with Gasteiger partial charge in [-0.3, -0.25) is 0 Å². The summed E-state index contributed by atoms with van der Waals surface area (Å²) < 4.78 is 12.5. The number of fused-ring (bicyclic) bond motifs is 6. The van der Waals surface area contributed by atoms with E-state index in [2.05, 4.69) is 100 Å². The summed E-state index contributed by atoms with van der Waals surface area (Å²) in [5.74, 6) is 0. The molecule has 0 aliphatic carbocycles. The zero-order valence-electron chi connectivity index (χ0n) is 19.7. The number of nitrogens with zero attached hydrogens (tertiary/aromatic N) is 1. The fourth-order valence-corrected chi connectivity index (χ4v) is 4.78. The smallest absolute Gasteiger partial charge is 0.138 e. The lowest BCUT2D eigenvalue weighted by Crippen LogP contribution is -2.10. The fraction of sp³-hybridized carbons (Fsp3) is 0.200. The van der Waals surface area contributed by atoms with Gasteiger partial charge >= 0.3 is 0 Å². The Bertz CT molecular complexity index is 1680. The maximum absolute atomic E-state index is 6.26. The van der Waals surface area contributed by atoms with Gasteiger partial charge in [0.15, 0.2) is 0 Å². The lowest BCUT2D eigenvalue weighted by atomic mass is 9.86. The minimum Gasteiger partial charge on any atom is -0.456 e. The molecule has 4 aromatic carbocycles. The Hall–Kier alpha value is -3.72. The van der Waals surface area contributed by atoms with Crippen LogP contribution in [0.4, 0.5) is 5.69 Å². The standard InChI is InChI=1S/C30H27NO2/c1-30(2,3)20-11-13-26-23(17-20)21-12-10-18(15-27(21)32-26)19-14-24(31(4)5)29-22-8-6-7-9-25(22)33-28(29)16-19/h6-17H,1-5H3. The highest BCUT2D eigenvalue weighted by molar-refractivity contribution is 6.13. The topological polar surface area (TPSA) is 29.5 Å². The monoisotopic (exact) mass is 433 g/mol. The van der Waals surface area contributed by atoms with Crippen molar-refractivity contribution >= 4 is 49.6 Å². The molecule has 0 atom stereocenters. The molecule has 3 heteroatoms. The Balaban J connectivity index is 1.56. The van der Waals surface area contributed by atoms with Crippen LogP contribution in [0.25, 0.3) is 55.0 Å². The normalized spacial score (nSPS) is 12.4. The number of para-hydroxylation sites is 1. The van der Waals surface area contributed by atoms with Gasteiger partial charge < -0.3 is 13.7 Å². The molecule has 0 bridgehead atoms. The van der Waals surface area contributed by atoms with E-state index in [-0.39, 0.29) is 5.41 Å². The van der Waals surface area contributed by atoms with E-state index in [0.29, 0.717) is 0 Å². The summed E-state index contributed by atoms with van der Waals surface area (Å²) in [4.78, 5) is 2.15. The summed E-state index contributed by atoms with van der Waals surface area (Å²) in [6.45, 7) is 6.72. The maximum Gasteiger partial charge on any atom is 0.138 e. The molecule has 33 heavy (non-hydrogen) atoms. The van der Waals surface area contributed by atoms with Gasteiger partial charge in [0.2, 0.25) is 0 Å². The third-order valence-corrected chi connectivity index (χ3v) is 6.61. The quantitative estimate of drug-likeness (QED) is 0.274. The lowest BCUT2D eigenvalue weighted by Gasteiger charge is -2.18. The molecule has 6 rings (SSSR count). The molecule has 0 spiro atoms. The van der Waals surface area contributed by atoms with E-state index >= 15 is 0 Å². The molecular weight excluding hydrogens is 406 g/mol.